The molecule has 82 valence electrons. The summed E-state index contributed by atoms with van der Waals surface area (Å²) in [6, 6.07) is 6.51. The van der Waals surface area contributed by atoms with Crippen LogP contribution in [-0.2, 0) is 0 Å². The Bertz CT molecular complexity index is 325. The van der Waals surface area contributed by atoms with Gasteiger partial charge in [0.15, 0.2) is 0 Å². The molecule has 1 aromatic carbocycles. The summed E-state index contributed by atoms with van der Waals surface area (Å²) in [5, 5.41) is 0. The first-order valence-electron chi connectivity index (χ1n) is 5.38. The normalized spacial score (nSPS) is 19.4. The van der Waals surface area contributed by atoms with Crippen LogP contribution in [0.25, 0.3) is 0 Å². The van der Waals surface area contributed by atoms with E-state index in [1.807, 2.05) is 6.07 Å². The van der Waals surface area contributed by atoms with Gasteiger partial charge in [-0.25, -0.2) is 0 Å². The summed E-state index contributed by atoms with van der Waals surface area (Å²) in [5.41, 5.74) is 7.54. The van der Waals surface area contributed by atoms with Crippen LogP contribution in [0, 0.1) is 5.92 Å². The molecular weight excluding hydrogens is 318 g/mol. The highest BCUT2D eigenvalue weighted by molar-refractivity contribution is 9.11. The van der Waals surface area contributed by atoms with Crippen LogP contribution >= 0.6 is 31.9 Å². The Balaban J connectivity index is 2.20. The van der Waals surface area contributed by atoms with Crippen LogP contribution in [0.1, 0.15) is 37.3 Å². The molecule has 1 saturated carbocycles. The summed E-state index contributed by atoms with van der Waals surface area (Å²) in [6.07, 6.45) is 5.25. The Labute approximate surface area is 108 Å². The van der Waals surface area contributed by atoms with Crippen LogP contribution in [0.2, 0.25) is 0 Å². The minimum absolute atomic E-state index is 0.196. The quantitative estimate of drug-likeness (QED) is 0.853. The van der Waals surface area contributed by atoms with Gasteiger partial charge >= 0.3 is 0 Å². The third-order valence-corrected chi connectivity index (χ3v) is 4.09. The van der Waals surface area contributed by atoms with E-state index in [9.17, 15) is 0 Å². The van der Waals surface area contributed by atoms with E-state index in [0.29, 0.717) is 5.92 Å². The summed E-state index contributed by atoms with van der Waals surface area (Å²) in [4.78, 5) is 0. The molecule has 3 heteroatoms. The number of nitrogens with two attached hydrogens (primary N) is 1. The lowest BCUT2D eigenvalue weighted by Gasteiger charge is -2.19. The maximum atomic E-state index is 6.30. The highest BCUT2D eigenvalue weighted by Crippen LogP contribution is 2.35. The molecule has 1 nitrogen and oxygen atoms in total. The first-order chi connectivity index (χ1) is 7.16. The summed E-state index contributed by atoms with van der Waals surface area (Å²) >= 11 is 7.01. The molecule has 0 radical (unpaired) electrons. The summed E-state index contributed by atoms with van der Waals surface area (Å²) < 4.78 is 2.20. The van der Waals surface area contributed by atoms with Crippen molar-refractivity contribution in [3.8, 4) is 0 Å². The average molecular weight is 333 g/mol. The lowest BCUT2D eigenvalue weighted by Crippen LogP contribution is -2.19. The third kappa shape index (κ3) is 2.83. The van der Waals surface area contributed by atoms with Crippen molar-refractivity contribution in [2.75, 3.05) is 0 Å². The van der Waals surface area contributed by atoms with Crippen LogP contribution in [0.15, 0.2) is 27.1 Å². The van der Waals surface area contributed by atoms with Crippen LogP contribution in [0.4, 0.5) is 0 Å². The minimum Gasteiger partial charge on any atom is -0.324 e. The van der Waals surface area contributed by atoms with Gasteiger partial charge in [-0.3, -0.25) is 0 Å². The standard InChI is InChI=1S/C12H15Br2N/c13-10-5-9(6-11(14)7-10)12(15)8-3-1-2-4-8/h5-8,12H,1-4,15H2/t12-/m0/s1. The Morgan fingerprint density at radius 2 is 1.60 bits per heavy atom. The number of benzene rings is 1. The molecule has 15 heavy (non-hydrogen) atoms. The van der Waals surface area contributed by atoms with E-state index in [1.165, 1.54) is 31.2 Å². The fourth-order valence-electron chi connectivity index (χ4n) is 2.36. The van der Waals surface area contributed by atoms with Crippen molar-refractivity contribution in [1.82, 2.24) is 0 Å². The van der Waals surface area contributed by atoms with Gasteiger partial charge in [0.1, 0.15) is 0 Å². The Kier molecular flexibility index (Phi) is 3.86. The molecule has 0 aromatic heterocycles. The highest BCUT2D eigenvalue weighted by atomic mass is 79.9. The molecule has 0 saturated heterocycles. The Morgan fingerprint density at radius 1 is 1.07 bits per heavy atom. The maximum Gasteiger partial charge on any atom is 0.0324 e. The fourth-order valence-corrected chi connectivity index (χ4v) is 3.69. The number of hydrogen-bond acceptors (Lipinski definition) is 1. The summed E-state index contributed by atoms with van der Waals surface area (Å²) in [7, 11) is 0. The summed E-state index contributed by atoms with van der Waals surface area (Å²) in [6.45, 7) is 0. The molecular formula is C12H15Br2N. The number of halogens is 2. The molecule has 0 amide bonds. The van der Waals surface area contributed by atoms with Gasteiger partial charge in [-0.05, 0) is 42.5 Å². The Hall–Kier alpha value is 0.140. The van der Waals surface area contributed by atoms with Gasteiger partial charge in [-0.1, -0.05) is 44.7 Å². The molecule has 1 atom stereocenters. The molecule has 2 rings (SSSR count). The van der Waals surface area contributed by atoms with E-state index in [2.05, 4.69) is 44.0 Å². The lowest BCUT2D eigenvalue weighted by atomic mass is 9.93. The van der Waals surface area contributed by atoms with Crippen LogP contribution < -0.4 is 5.73 Å². The monoisotopic (exact) mass is 331 g/mol. The molecule has 0 unspecified atom stereocenters. The molecule has 1 fully saturated rings. The van der Waals surface area contributed by atoms with Crippen molar-refractivity contribution in [1.29, 1.82) is 0 Å². The highest BCUT2D eigenvalue weighted by Gasteiger charge is 2.23. The van der Waals surface area contributed by atoms with Gasteiger partial charge < -0.3 is 5.73 Å². The third-order valence-electron chi connectivity index (χ3n) is 3.18. The molecule has 2 N–H and O–H groups in total. The topological polar surface area (TPSA) is 26.0 Å². The predicted molar refractivity (Wildman–Crippen MR) is 70.7 cm³/mol. The van der Waals surface area contributed by atoms with Crippen molar-refractivity contribution in [2.24, 2.45) is 11.7 Å². The van der Waals surface area contributed by atoms with Gasteiger partial charge in [0, 0.05) is 15.0 Å². The second-order valence-corrected chi connectivity index (χ2v) is 6.10. The molecule has 0 heterocycles. The van der Waals surface area contributed by atoms with E-state index in [-0.39, 0.29) is 6.04 Å². The fraction of sp³-hybridized carbons (Fsp3) is 0.500. The van der Waals surface area contributed by atoms with E-state index < -0.39 is 0 Å². The zero-order valence-corrected chi connectivity index (χ0v) is 11.7. The number of hydrogen-bond donors (Lipinski definition) is 1. The van der Waals surface area contributed by atoms with E-state index in [0.717, 1.165) is 8.95 Å². The van der Waals surface area contributed by atoms with Crippen molar-refractivity contribution in [3.05, 3.63) is 32.7 Å². The Morgan fingerprint density at radius 3 is 2.13 bits per heavy atom. The maximum absolute atomic E-state index is 6.30. The SMILES string of the molecule is N[C@H](c1cc(Br)cc(Br)c1)C1CCCC1. The van der Waals surface area contributed by atoms with E-state index >= 15 is 0 Å². The molecule has 0 spiro atoms. The second-order valence-electron chi connectivity index (χ2n) is 4.27. The number of rotatable bonds is 2. The lowest BCUT2D eigenvalue weighted by molar-refractivity contribution is 0.444. The zero-order chi connectivity index (χ0) is 10.8. The zero-order valence-electron chi connectivity index (χ0n) is 8.55. The van der Waals surface area contributed by atoms with Gasteiger partial charge in [0.25, 0.3) is 0 Å². The largest absolute Gasteiger partial charge is 0.324 e. The first kappa shape index (κ1) is 11.6. The van der Waals surface area contributed by atoms with E-state index in [4.69, 9.17) is 5.73 Å². The van der Waals surface area contributed by atoms with Crippen LogP contribution in [0.5, 0.6) is 0 Å². The molecule has 1 aliphatic rings. The van der Waals surface area contributed by atoms with Gasteiger partial charge in [-0.2, -0.15) is 0 Å². The van der Waals surface area contributed by atoms with Crippen LogP contribution in [0.3, 0.4) is 0 Å². The summed E-state index contributed by atoms with van der Waals surface area (Å²) in [5.74, 6) is 0.672. The molecule has 0 aliphatic heterocycles. The van der Waals surface area contributed by atoms with Crippen molar-refractivity contribution in [3.63, 3.8) is 0 Å². The first-order valence-corrected chi connectivity index (χ1v) is 6.97. The molecule has 0 bridgehead atoms. The smallest absolute Gasteiger partial charge is 0.0324 e. The average Bonchev–Trinajstić information content (AvgIpc) is 2.67. The van der Waals surface area contributed by atoms with Crippen molar-refractivity contribution in [2.45, 2.75) is 31.7 Å². The van der Waals surface area contributed by atoms with Gasteiger partial charge in [0.05, 0.1) is 0 Å². The van der Waals surface area contributed by atoms with Gasteiger partial charge in [0.2, 0.25) is 0 Å². The molecule has 1 aliphatic carbocycles. The second kappa shape index (κ2) is 4.98. The predicted octanol–water partition coefficient (Wildman–Crippen LogP) is 4.40. The molecule has 1 aromatic rings. The van der Waals surface area contributed by atoms with Crippen molar-refractivity contribution >= 4 is 31.9 Å². The van der Waals surface area contributed by atoms with Crippen LogP contribution in [-0.4, -0.2) is 0 Å². The minimum atomic E-state index is 0.196. The van der Waals surface area contributed by atoms with Crippen molar-refractivity contribution < 1.29 is 0 Å². The van der Waals surface area contributed by atoms with E-state index in [1.54, 1.807) is 0 Å². The van der Waals surface area contributed by atoms with Gasteiger partial charge in [-0.15, -0.1) is 0 Å².